The zero-order chi connectivity index (χ0) is 16.6. The molecule has 0 saturated heterocycles. The first kappa shape index (κ1) is 15.1. The number of hydrogen-bond donors (Lipinski definition) is 1. The van der Waals surface area contributed by atoms with Crippen LogP contribution in [0.5, 0.6) is 0 Å². The lowest BCUT2D eigenvalue weighted by Gasteiger charge is -2.05. The Morgan fingerprint density at radius 1 is 1.17 bits per heavy atom. The maximum absolute atomic E-state index is 12.8. The van der Waals surface area contributed by atoms with E-state index in [1.165, 1.54) is 23.5 Å². The molecule has 1 N–H and O–H groups in total. The van der Waals surface area contributed by atoms with Crippen molar-refractivity contribution in [3.05, 3.63) is 34.5 Å². The molecule has 3 aromatic rings. The second-order valence-electron chi connectivity index (χ2n) is 4.46. The minimum absolute atomic E-state index is 0.0713. The van der Waals surface area contributed by atoms with Crippen LogP contribution < -0.4 is 0 Å². The smallest absolute Gasteiger partial charge is 0.241 e. The zero-order valence-corrected chi connectivity index (χ0v) is 12.3. The van der Waals surface area contributed by atoms with Crippen molar-refractivity contribution in [2.75, 3.05) is 0 Å². The molecule has 3 heterocycles. The first-order chi connectivity index (χ1) is 10.9. The number of aromatic amines is 1. The number of pyridine rings is 1. The number of aromatic nitrogens is 5. The Hall–Kier alpha value is -2.80. The van der Waals surface area contributed by atoms with Crippen LogP contribution in [0.2, 0.25) is 0 Å². The number of thiazole rings is 1. The van der Waals surface area contributed by atoms with E-state index in [9.17, 15) is 13.2 Å². The molecule has 116 valence electrons. The highest BCUT2D eigenvalue weighted by molar-refractivity contribution is 7.15. The number of nitrogens with one attached hydrogen (secondary N) is 1. The molecule has 0 aliphatic rings. The van der Waals surface area contributed by atoms with Gasteiger partial charge in [-0.15, -0.1) is 16.4 Å². The highest BCUT2D eigenvalue weighted by atomic mass is 32.1. The van der Waals surface area contributed by atoms with Crippen LogP contribution in [0.25, 0.3) is 22.1 Å². The molecule has 23 heavy (non-hydrogen) atoms. The van der Waals surface area contributed by atoms with Crippen LogP contribution in [0.4, 0.5) is 13.2 Å². The summed E-state index contributed by atoms with van der Waals surface area (Å²) in [5.74, 6) is 0. The van der Waals surface area contributed by atoms with Gasteiger partial charge in [0.25, 0.3) is 0 Å². The van der Waals surface area contributed by atoms with Gasteiger partial charge in [0.15, 0.2) is 11.4 Å². The van der Waals surface area contributed by atoms with Crippen LogP contribution in [0.1, 0.15) is 16.3 Å². The van der Waals surface area contributed by atoms with Gasteiger partial charge in [-0.1, -0.05) is 6.07 Å². The van der Waals surface area contributed by atoms with E-state index in [0.29, 0.717) is 15.6 Å². The summed E-state index contributed by atoms with van der Waals surface area (Å²) in [6, 6.07) is 5.50. The van der Waals surface area contributed by atoms with E-state index in [2.05, 4.69) is 25.4 Å². The molecular weight excluding hydrogens is 329 g/mol. The Labute approximate surface area is 131 Å². The van der Waals surface area contributed by atoms with Crippen molar-refractivity contribution in [1.29, 1.82) is 5.26 Å². The van der Waals surface area contributed by atoms with Gasteiger partial charge in [0.1, 0.15) is 22.5 Å². The monoisotopic (exact) mass is 336 g/mol. The first-order valence-electron chi connectivity index (χ1n) is 6.23. The quantitative estimate of drug-likeness (QED) is 0.776. The Balaban J connectivity index is 2.07. The Morgan fingerprint density at radius 2 is 1.96 bits per heavy atom. The number of aryl methyl sites for hydroxylation is 1. The van der Waals surface area contributed by atoms with Gasteiger partial charge in [-0.25, -0.2) is 9.97 Å². The summed E-state index contributed by atoms with van der Waals surface area (Å²) in [5, 5.41) is 19.2. The van der Waals surface area contributed by atoms with Gasteiger partial charge < -0.3 is 0 Å². The fraction of sp³-hybridized carbons (Fsp3) is 0.154. The average Bonchev–Trinajstić information content (AvgIpc) is 3.12. The number of halogens is 3. The highest BCUT2D eigenvalue weighted by Gasteiger charge is 2.32. The number of rotatable bonds is 2. The van der Waals surface area contributed by atoms with E-state index in [1.807, 2.05) is 6.07 Å². The molecule has 0 aromatic carbocycles. The predicted molar refractivity (Wildman–Crippen MR) is 75.2 cm³/mol. The molecule has 0 unspecified atom stereocenters. The van der Waals surface area contributed by atoms with E-state index in [0.717, 1.165) is 6.07 Å². The van der Waals surface area contributed by atoms with Crippen molar-refractivity contribution in [3.63, 3.8) is 0 Å². The van der Waals surface area contributed by atoms with Crippen molar-refractivity contribution < 1.29 is 13.2 Å². The maximum Gasteiger partial charge on any atom is 0.433 e. The summed E-state index contributed by atoms with van der Waals surface area (Å²) < 4.78 is 38.3. The van der Waals surface area contributed by atoms with Crippen molar-refractivity contribution >= 4 is 11.3 Å². The standard InChI is InChI=1S/C13H7F3N6S/c1-6-10(11-8(5-17)20-22-21-11)19-12(23-6)7-3-2-4-9(18-7)13(14,15)16/h2-4H,1H3,(H,20,21,22). The van der Waals surface area contributed by atoms with E-state index in [-0.39, 0.29) is 17.1 Å². The van der Waals surface area contributed by atoms with Gasteiger partial charge in [0.2, 0.25) is 0 Å². The highest BCUT2D eigenvalue weighted by Crippen LogP contribution is 2.34. The fourth-order valence-electron chi connectivity index (χ4n) is 1.91. The van der Waals surface area contributed by atoms with Crippen LogP contribution in [0.15, 0.2) is 18.2 Å². The minimum Gasteiger partial charge on any atom is -0.241 e. The summed E-state index contributed by atoms with van der Waals surface area (Å²) in [4.78, 5) is 8.57. The van der Waals surface area contributed by atoms with E-state index in [1.54, 1.807) is 6.92 Å². The van der Waals surface area contributed by atoms with Gasteiger partial charge in [-0.2, -0.15) is 28.7 Å². The first-order valence-corrected chi connectivity index (χ1v) is 7.05. The molecular formula is C13H7F3N6S. The van der Waals surface area contributed by atoms with Gasteiger partial charge in [-0.3, -0.25) is 0 Å². The van der Waals surface area contributed by atoms with Crippen molar-refractivity contribution in [2.45, 2.75) is 13.1 Å². The van der Waals surface area contributed by atoms with Gasteiger partial charge in [-0.05, 0) is 19.1 Å². The van der Waals surface area contributed by atoms with Crippen LogP contribution in [-0.4, -0.2) is 25.4 Å². The van der Waals surface area contributed by atoms with Crippen molar-refractivity contribution in [3.8, 4) is 28.2 Å². The average molecular weight is 336 g/mol. The summed E-state index contributed by atoms with van der Waals surface area (Å²) >= 11 is 1.17. The molecule has 0 atom stereocenters. The molecule has 0 amide bonds. The molecule has 0 aliphatic heterocycles. The van der Waals surface area contributed by atoms with Crippen LogP contribution in [0, 0.1) is 18.3 Å². The molecule has 10 heteroatoms. The molecule has 0 radical (unpaired) electrons. The lowest BCUT2D eigenvalue weighted by atomic mass is 10.2. The van der Waals surface area contributed by atoms with Crippen LogP contribution in [-0.2, 0) is 6.18 Å². The molecule has 6 nitrogen and oxygen atoms in total. The fourth-order valence-corrected chi connectivity index (χ4v) is 2.80. The minimum atomic E-state index is -4.52. The van der Waals surface area contributed by atoms with Crippen LogP contribution >= 0.6 is 11.3 Å². The summed E-state index contributed by atoms with van der Waals surface area (Å²) in [5.41, 5.74) is -0.138. The largest absolute Gasteiger partial charge is 0.433 e. The third kappa shape index (κ3) is 2.78. The number of nitriles is 1. The topological polar surface area (TPSA) is 91.1 Å². The lowest BCUT2D eigenvalue weighted by Crippen LogP contribution is -2.07. The van der Waals surface area contributed by atoms with E-state index >= 15 is 0 Å². The van der Waals surface area contributed by atoms with Crippen molar-refractivity contribution in [2.24, 2.45) is 0 Å². The second-order valence-corrected chi connectivity index (χ2v) is 5.67. The Morgan fingerprint density at radius 3 is 2.65 bits per heavy atom. The van der Waals surface area contributed by atoms with Gasteiger partial charge >= 0.3 is 6.18 Å². The predicted octanol–water partition coefficient (Wildman–Crippen LogP) is 3.19. The van der Waals surface area contributed by atoms with E-state index < -0.39 is 11.9 Å². The van der Waals surface area contributed by atoms with Gasteiger partial charge in [0, 0.05) is 4.88 Å². The molecule has 0 aliphatic carbocycles. The third-order valence-electron chi connectivity index (χ3n) is 2.93. The molecule has 3 aromatic heterocycles. The molecule has 0 fully saturated rings. The van der Waals surface area contributed by atoms with Gasteiger partial charge in [0.05, 0.1) is 5.69 Å². The normalized spacial score (nSPS) is 11.4. The van der Waals surface area contributed by atoms with E-state index in [4.69, 9.17) is 5.26 Å². The maximum atomic E-state index is 12.8. The number of alkyl halides is 3. The summed E-state index contributed by atoms with van der Waals surface area (Å²) in [6.45, 7) is 1.74. The molecule has 0 spiro atoms. The Bertz CT molecular complexity index is 905. The third-order valence-corrected chi connectivity index (χ3v) is 3.93. The van der Waals surface area contributed by atoms with Crippen molar-refractivity contribution in [1.82, 2.24) is 25.4 Å². The zero-order valence-electron chi connectivity index (χ0n) is 11.5. The molecule has 0 bridgehead atoms. The molecule has 3 rings (SSSR count). The summed E-state index contributed by atoms with van der Waals surface area (Å²) in [6.07, 6.45) is -4.52. The lowest BCUT2D eigenvalue weighted by molar-refractivity contribution is -0.141. The SMILES string of the molecule is Cc1sc(-c2cccc(C(F)(F)F)n2)nc1-c1n[nH]nc1C#N. The second kappa shape index (κ2) is 5.44. The molecule has 0 saturated carbocycles. The summed E-state index contributed by atoms with van der Waals surface area (Å²) in [7, 11) is 0. The number of nitrogens with zero attached hydrogens (tertiary/aromatic N) is 5. The number of H-pyrrole nitrogens is 1. The number of hydrogen-bond acceptors (Lipinski definition) is 6. The van der Waals surface area contributed by atoms with Crippen LogP contribution in [0.3, 0.4) is 0 Å². The Kier molecular flexibility index (Phi) is 3.57.